The van der Waals surface area contributed by atoms with Crippen molar-refractivity contribution in [3.8, 4) is 11.6 Å². The number of allylic oxidation sites excluding steroid dienone is 1. The van der Waals surface area contributed by atoms with Gasteiger partial charge in [0, 0.05) is 24.6 Å². The van der Waals surface area contributed by atoms with Crippen LogP contribution in [-0.4, -0.2) is 35.5 Å². The molecule has 0 radical (unpaired) electrons. The van der Waals surface area contributed by atoms with Crippen LogP contribution < -0.4 is 26.4 Å². The second-order valence-corrected chi connectivity index (χ2v) is 10.0. The summed E-state index contributed by atoms with van der Waals surface area (Å²) < 4.78 is 59.0. The summed E-state index contributed by atoms with van der Waals surface area (Å²) in [5.41, 5.74) is 6.66. The van der Waals surface area contributed by atoms with Gasteiger partial charge in [0.05, 0.1) is 23.2 Å². The van der Waals surface area contributed by atoms with Gasteiger partial charge in [-0.15, -0.1) is 0 Å². The number of pyridine rings is 1. The van der Waals surface area contributed by atoms with Gasteiger partial charge in [-0.05, 0) is 50.3 Å². The van der Waals surface area contributed by atoms with Gasteiger partial charge in [0.25, 0.3) is 0 Å². The van der Waals surface area contributed by atoms with E-state index < -0.39 is 23.9 Å². The number of hydrogen-bond donors (Lipinski definition) is 4. The van der Waals surface area contributed by atoms with E-state index in [0.717, 1.165) is 18.9 Å². The fraction of sp³-hybridized carbons (Fsp3) is 0.400. The molecule has 2 aliphatic rings. The van der Waals surface area contributed by atoms with Gasteiger partial charge in [0.2, 0.25) is 11.8 Å². The Balaban J connectivity index is 1.32. The summed E-state index contributed by atoms with van der Waals surface area (Å²) in [6.45, 7) is -0.0763. The summed E-state index contributed by atoms with van der Waals surface area (Å²) in [6.07, 6.45) is -0.666. The van der Waals surface area contributed by atoms with Gasteiger partial charge in [0.1, 0.15) is 16.6 Å². The minimum atomic E-state index is -4.28. The van der Waals surface area contributed by atoms with Gasteiger partial charge in [-0.1, -0.05) is 23.4 Å². The number of aromatic nitrogens is 1. The maximum atomic E-state index is 14.3. The molecule has 0 saturated heterocycles. The lowest BCUT2D eigenvalue weighted by Gasteiger charge is -2.25. The molecule has 2 aliphatic carbocycles. The third kappa shape index (κ3) is 7.76. The van der Waals surface area contributed by atoms with Crippen LogP contribution in [0, 0.1) is 17.7 Å². The lowest BCUT2D eigenvalue weighted by molar-refractivity contribution is -0.176. The molecule has 0 bridgehead atoms. The van der Waals surface area contributed by atoms with Gasteiger partial charge in [-0.3, -0.25) is 4.79 Å². The van der Waals surface area contributed by atoms with Crippen LogP contribution in [0.4, 0.5) is 33.7 Å². The topological polar surface area (TPSA) is 118 Å². The van der Waals surface area contributed by atoms with Gasteiger partial charge in [0.15, 0.2) is 0 Å². The molecule has 13 heteroatoms. The van der Waals surface area contributed by atoms with E-state index in [1.54, 1.807) is 12.1 Å². The first-order valence-corrected chi connectivity index (χ1v) is 13.0. The second kappa shape index (κ2) is 11.9. The molecule has 38 heavy (non-hydrogen) atoms. The molecule has 1 atom stereocenters. The summed E-state index contributed by atoms with van der Waals surface area (Å²) in [7, 11) is 0. The SMILES string of the molecule is Nc1ccc(Oc2ccc(F)c(NC(=O)NCC3=CCCC(C(F)(F)F)C3)c2)nc1SCNC(=O)C1CC1. The summed E-state index contributed by atoms with van der Waals surface area (Å²) >= 11 is 1.24. The number of anilines is 2. The first-order chi connectivity index (χ1) is 18.1. The fourth-order valence-electron chi connectivity index (χ4n) is 3.83. The standard InChI is InChI=1S/C25H27F4N5O3S/c26-18-7-6-17(37-21-9-8-19(30)23(34-21)38-13-32-22(35)15-4-5-15)11-20(18)33-24(36)31-12-14-2-1-3-16(10-14)25(27,28)29/h2,6-9,11,15-16H,1,3-5,10,12-13,30H2,(H,32,35)(H2,31,33,36). The number of nitrogens with two attached hydrogens (primary N) is 1. The van der Waals surface area contributed by atoms with Crippen LogP contribution in [0.5, 0.6) is 11.6 Å². The number of nitrogens with one attached hydrogen (secondary N) is 3. The number of halogens is 4. The highest BCUT2D eigenvalue weighted by Crippen LogP contribution is 2.37. The Morgan fingerprint density at radius 3 is 2.66 bits per heavy atom. The largest absolute Gasteiger partial charge is 0.439 e. The molecule has 3 amide bonds. The second-order valence-electron chi connectivity index (χ2n) is 9.08. The van der Waals surface area contributed by atoms with Gasteiger partial charge >= 0.3 is 12.2 Å². The Labute approximate surface area is 220 Å². The van der Waals surface area contributed by atoms with Gasteiger partial charge in [-0.2, -0.15) is 13.2 Å². The minimum absolute atomic E-state index is 0.000164. The van der Waals surface area contributed by atoms with Crippen molar-refractivity contribution in [3.63, 3.8) is 0 Å². The molecule has 4 rings (SSSR count). The van der Waals surface area contributed by atoms with E-state index in [4.69, 9.17) is 10.5 Å². The first-order valence-electron chi connectivity index (χ1n) is 12.0. The number of thioether (sulfide) groups is 1. The normalized spacial score (nSPS) is 17.4. The van der Waals surface area contributed by atoms with Crippen molar-refractivity contribution in [2.45, 2.75) is 43.3 Å². The smallest absolute Gasteiger partial charge is 0.392 e. The number of benzene rings is 1. The number of carbonyl (C=O) groups is 2. The molecule has 0 spiro atoms. The Bertz CT molecular complexity index is 1220. The van der Waals surface area contributed by atoms with E-state index in [0.29, 0.717) is 22.2 Å². The maximum absolute atomic E-state index is 14.3. The molecular formula is C25H27F4N5O3S. The van der Waals surface area contributed by atoms with E-state index in [9.17, 15) is 27.2 Å². The number of nitrogens with zero attached hydrogens (tertiary/aromatic N) is 1. The van der Waals surface area contributed by atoms with Crippen LogP contribution in [0.25, 0.3) is 0 Å². The van der Waals surface area contributed by atoms with Crippen molar-refractivity contribution >= 4 is 35.1 Å². The van der Waals surface area contributed by atoms with Crippen molar-refractivity contribution < 1.29 is 31.9 Å². The molecule has 1 saturated carbocycles. The van der Waals surface area contributed by atoms with Gasteiger partial charge < -0.3 is 26.4 Å². The molecule has 204 valence electrons. The summed E-state index contributed by atoms with van der Waals surface area (Å²) in [5, 5.41) is 8.08. The number of carbonyl (C=O) groups excluding carboxylic acids is 2. The van der Waals surface area contributed by atoms with Crippen LogP contribution >= 0.6 is 11.8 Å². The third-order valence-corrected chi connectivity index (χ3v) is 6.96. The number of hydrogen-bond acceptors (Lipinski definition) is 6. The highest BCUT2D eigenvalue weighted by atomic mass is 32.2. The van der Waals surface area contributed by atoms with Crippen molar-refractivity contribution in [1.29, 1.82) is 0 Å². The highest BCUT2D eigenvalue weighted by Gasteiger charge is 2.40. The van der Waals surface area contributed by atoms with E-state index >= 15 is 0 Å². The van der Waals surface area contributed by atoms with E-state index in [2.05, 4.69) is 20.9 Å². The number of amides is 3. The number of urea groups is 1. The van der Waals surface area contributed by atoms with E-state index in [1.807, 2.05) is 0 Å². The third-order valence-electron chi connectivity index (χ3n) is 6.07. The number of nitrogen functional groups attached to an aromatic ring is 1. The molecule has 0 aliphatic heterocycles. The number of alkyl halides is 3. The predicted octanol–water partition coefficient (Wildman–Crippen LogP) is 5.58. The van der Waals surface area contributed by atoms with Gasteiger partial charge in [-0.25, -0.2) is 14.2 Å². The summed E-state index contributed by atoms with van der Waals surface area (Å²) in [6, 6.07) is 6.06. The molecule has 5 N–H and O–H groups in total. The Morgan fingerprint density at radius 1 is 1.13 bits per heavy atom. The molecule has 2 aromatic rings. The molecule has 1 fully saturated rings. The molecule has 1 aromatic carbocycles. The molecule has 8 nitrogen and oxygen atoms in total. The monoisotopic (exact) mass is 553 g/mol. The zero-order chi connectivity index (χ0) is 27.3. The predicted molar refractivity (Wildman–Crippen MR) is 135 cm³/mol. The van der Waals surface area contributed by atoms with Crippen LogP contribution in [-0.2, 0) is 4.79 Å². The van der Waals surface area contributed by atoms with Crippen molar-refractivity contribution in [2.24, 2.45) is 11.8 Å². The van der Waals surface area contributed by atoms with Crippen molar-refractivity contribution in [2.75, 3.05) is 23.5 Å². The van der Waals surface area contributed by atoms with E-state index in [1.165, 1.54) is 30.0 Å². The summed E-state index contributed by atoms with van der Waals surface area (Å²) in [5.74, 6) is -1.43. The molecule has 1 aromatic heterocycles. The molecule has 1 unspecified atom stereocenters. The lowest BCUT2D eigenvalue weighted by atomic mass is 9.88. The Morgan fingerprint density at radius 2 is 1.92 bits per heavy atom. The maximum Gasteiger partial charge on any atom is 0.392 e. The number of ether oxygens (including phenoxy) is 1. The Kier molecular flexibility index (Phi) is 8.65. The molecule has 1 heterocycles. The van der Waals surface area contributed by atoms with Crippen molar-refractivity contribution in [1.82, 2.24) is 15.6 Å². The zero-order valence-corrected chi connectivity index (χ0v) is 21.1. The van der Waals surface area contributed by atoms with Crippen LogP contribution in [0.15, 0.2) is 47.0 Å². The lowest BCUT2D eigenvalue weighted by Crippen LogP contribution is -2.33. The number of rotatable bonds is 9. The molecular weight excluding hydrogens is 526 g/mol. The average molecular weight is 554 g/mol. The zero-order valence-electron chi connectivity index (χ0n) is 20.2. The van der Waals surface area contributed by atoms with Crippen molar-refractivity contribution in [3.05, 3.63) is 47.8 Å². The Hall–Kier alpha value is -3.48. The summed E-state index contributed by atoms with van der Waals surface area (Å²) in [4.78, 5) is 28.4. The van der Waals surface area contributed by atoms with Crippen LogP contribution in [0.3, 0.4) is 0 Å². The van der Waals surface area contributed by atoms with Crippen LogP contribution in [0.2, 0.25) is 0 Å². The fourth-order valence-corrected chi connectivity index (χ4v) is 4.57. The first kappa shape index (κ1) is 27.6. The van der Waals surface area contributed by atoms with Crippen LogP contribution in [0.1, 0.15) is 32.1 Å². The quantitative estimate of drug-likeness (QED) is 0.139. The minimum Gasteiger partial charge on any atom is -0.439 e. The highest BCUT2D eigenvalue weighted by molar-refractivity contribution is 7.99. The van der Waals surface area contributed by atoms with E-state index in [-0.39, 0.29) is 54.9 Å². The average Bonchev–Trinajstić information content (AvgIpc) is 3.72.